The lowest BCUT2D eigenvalue weighted by molar-refractivity contribution is 0.347. The molecule has 134 valence electrons. The summed E-state index contributed by atoms with van der Waals surface area (Å²) in [6.45, 7) is 2.60. The number of anilines is 1. The lowest BCUT2D eigenvalue weighted by Crippen LogP contribution is -2.40. The minimum atomic E-state index is -3.59. The molecule has 2 heterocycles. The molecule has 0 bridgehead atoms. The Morgan fingerprint density at radius 2 is 2.00 bits per heavy atom. The third-order valence-corrected chi connectivity index (χ3v) is 6.91. The number of nitrogens with two attached hydrogens (primary N) is 1. The van der Waals surface area contributed by atoms with E-state index in [4.69, 9.17) is 5.73 Å². The van der Waals surface area contributed by atoms with Crippen LogP contribution in [0.25, 0.3) is 0 Å². The van der Waals surface area contributed by atoms with Crippen LogP contribution < -0.4 is 11.4 Å². The van der Waals surface area contributed by atoms with Gasteiger partial charge >= 0.3 is 5.69 Å². The van der Waals surface area contributed by atoms with Gasteiger partial charge in [-0.1, -0.05) is 17.7 Å². The van der Waals surface area contributed by atoms with Crippen molar-refractivity contribution in [1.82, 2.24) is 13.9 Å². The minimum Gasteiger partial charge on any atom is -0.383 e. The van der Waals surface area contributed by atoms with Crippen LogP contribution in [0.5, 0.6) is 0 Å². The van der Waals surface area contributed by atoms with Gasteiger partial charge in [-0.2, -0.15) is 9.29 Å². The summed E-state index contributed by atoms with van der Waals surface area (Å²) in [7, 11) is -3.59. The van der Waals surface area contributed by atoms with Crippen LogP contribution in [-0.4, -0.2) is 34.9 Å². The van der Waals surface area contributed by atoms with Gasteiger partial charge in [-0.25, -0.2) is 13.2 Å². The zero-order chi connectivity index (χ0) is 18.2. The van der Waals surface area contributed by atoms with E-state index in [-0.39, 0.29) is 23.3 Å². The number of hydrogen-bond acceptors (Lipinski definition) is 5. The lowest BCUT2D eigenvalue weighted by Gasteiger charge is -2.24. The summed E-state index contributed by atoms with van der Waals surface area (Å²) in [4.78, 5) is 16.0. The first-order chi connectivity index (χ1) is 11.8. The zero-order valence-electron chi connectivity index (χ0n) is 13.7. The predicted octanol–water partition coefficient (Wildman–Crippen LogP) is 1.75. The van der Waals surface area contributed by atoms with Crippen LogP contribution in [0.4, 0.5) is 5.82 Å². The maximum Gasteiger partial charge on any atom is 0.349 e. The molecule has 1 aliphatic heterocycles. The Kier molecular flexibility index (Phi) is 4.99. The first kappa shape index (κ1) is 18.1. The highest BCUT2D eigenvalue weighted by Crippen LogP contribution is 2.27. The molecule has 0 unspecified atom stereocenters. The summed E-state index contributed by atoms with van der Waals surface area (Å²) in [6, 6.07) is 6.51. The zero-order valence-corrected chi connectivity index (χ0v) is 16.1. The molecule has 9 heteroatoms. The number of benzene rings is 1. The molecule has 0 saturated carbocycles. The monoisotopic (exact) mass is 426 g/mol. The molecule has 0 amide bonds. The molecule has 1 aromatic carbocycles. The van der Waals surface area contributed by atoms with Gasteiger partial charge < -0.3 is 5.73 Å². The van der Waals surface area contributed by atoms with E-state index in [0.717, 1.165) is 12.0 Å². The van der Waals surface area contributed by atoms with Crippen LogP contribution in [0.2, 0.25) is 0 Å². The van der Waals surface area contributed by atoms with Gasteiger partial charge in [0.25, 0.3) is 0 Å². The van der Waals surface area contributed by atoms with Crippen LogP contribution in [0.3, 0.4) is 0 Å². The number of aryl methyl sites for hydroxylation is 1. The first-order valence-corrected chi connectivity index (χ1v) is 10.1. The van der Waals surface area contributed by atoms with Gasteiger partial charge in [0.05, 0.1) is 9.37 Å². The number of hydrogen-bond donors (Lipinski definition) is 1. The standard InChI is InChI=1S/C16H19BrN4O3S/c1-11-4-6-13(7-5-11)25(23,24)21-8-2-3-12(21)9-20-10-14(17)15(18)19-16(20)22/h4-7,10,12H,2-3,8-9H2,1H3,(H2,18,19,22)/t12-/m0/s1. The fraction of sp³-hybridized carbons (Fsp3) is 0.375. The van der Waals surface area contributed by atoms with Crippen molar-refractivity contribution >= 4 is 31.8 Å². The molecule has 1 fully saturated rings. The van der Waals surface area contributed by atoms with E-state index in [1.807, 2.05) is 6.92 Å². The fourth-order valence-electron chi connectivity index (χ4n) is 2.99. The maximum atomic E-state index is 12.9. The van der Waals surface area contributed by atoms with Crippen LogP contribution in [0.1, 0.15) is 18.4 Å². The Hall–Kier alpha value is -1.71. The van der Waals surface area contributed by atoms with Crippen LogP contribution >= 0.6 is 15.9 Å². The van der Waals surface area contributed by atoms with Crippen LogP contribution in [0, 0.1) is 6.92 Å². The predicted molar refractivity (Wildman–Crippen MR) is 98.7 cm³/mol. The Labute approximate surface area is 154 Å². The summed E-state index contributed by atoms with van der Waals surface area (Å²) in [5, 5.41) is 0. The number of halogens is 1. The molecule has 0 spiro atoms. The number of aromatic nitrogens is 2. The Balaban J connectivity index is 1.89. The molecule has 0 aliphatic carbocycles. The van der Waals surface area contributed by atoms with Crippen LogP contribution in [0.15, 0.2) is 44.6 Å². The Morgan fingerprint density at radius 3 is 2.68 bits per heavy atom. The highest BCUT2D eigenvalue weighted by atomic mass is 79.9. The molecular formula is C16H19BrN4O3S. The molecule has 1 aliphatic rings. The van der Waals surface area contributed by atoms with Crippen molar-refractivity contribution in [2.24, 2.45) is 0 Å². The van der Waals surface area contributed by atoms with Crippen LogP contribution in [-0.2, 0) is 16.6 Å². The third-order valence-electron chi connectivity index (χ3n) is 4.33. The van der Waals surface area contributed by atoms with Gasteiger partial charge in [-0.15, -0.1) is 0 Å². The first-order valence-electron chi connectivity index (χ1n) is 7.90. The normalized spacial score (nSPS) is 18.6. The van der Waals surface area contributed by atoms with Gasteiger partial charge in [0.1, 0.15) is 5.82 Å². The second kappa shape index (κ2) is 6.89. The third kappa shape index (κ3) is 3.63. The van der Waals surface area contributed by atoms with E-state index in [1.54, 1.807) is 30.5 Å². The van der Waals surface area contributed by atoms with Gasteiger partial charge in [0, 0.05) is 25.3 Å². The SMILES string of the molecule is Cc1ccc(S(=O)(=O)N2CCC[C@H]2Cn2cc(Br)c(N)nc2=O)cc1. The average Bonchev–Trinajstić information content (AvgIpc) is 3.02. The van der Waals surface area contributed by atoms with E-state index in [1.165, 1.54) is 8.87 Å². The van der Waals surface area contributed by atoms with Crippen molar-refractivity contribution in [3.8, 4) is 0 Å². The van der Waals surface area contributed by atoms with Crippen molar-refractivity contribution in [1.29, 1.82) is 0 Å². The van der Waals surface area contributed by atoms with Crippen molar-refractivity contribution in [3.05, 3.63) is 51.0 Å². The largest absolute Gasteiger partial charge is 0.383 e. The highest BCUT2D eigenvalue weighted by Gasteiger charge is 2.35. The average molecular weight is 427 g/mol. The lowest BCUT2D eigenvalue weighted by atomic mass is 10.2. The molecule has 0 radical (unpaired) electrons. The van der Waals surface area contributed by atoms with Crippen molar-refractivity contribution in [3.63, 3.8) is 0 Å². The second-order valence-electron chi connectivity index (χ2n) is 6.13. The Morgan fingerprint density at radius 1 is 1.32 bits per heavy atom. The molecule has 2 aromatic rings. The van der Waals surface area contributed by atoms with Gasteiger partial charge in [0.15, 0.2) is 0 Å². The molecule has 1 aromatic heterocycles. The molecule has 1 saturated heterocycles. The minimum absolute atomic E-state index is 0.122. The number of rotatable bonds is 4. The fourth-order valence-corrected chi connectivity index (χ4v) is 5.01. The Bertz CT molecular complexity index is 941. The molecular weight excluding hydrogens is 408 g/mol. The molecule has 2 N–H and O–H groups in total. The summed E-state index contributed by atoms with van der Waals surface area (Å²) in [5.74, 6) is 0.122. The van der Waals surface area contributed by atoms with E-state index in [0.29, 0.717) is 17.4 Å². The van der Waals surface area contributed by atoms with Crippen molar-refractivity contribution < 1.29 is 8.42 Å². The van der Waals surface area contributed by atoms with Gasteiger partial charge in [-0.05, 0) is 47.8 Å². The van der Waals surface area contributed by atoms with E-state index in [9.17, 15) is 13.2 Å². The number of nitrogens with zero attached hydrogens (tertiary/aromatic N) is 3. The maximum absolute atomic E-state index is 12.9. The second-order valence-corrected chi connectivity index (χ2v) is 8.88. The van der Waals surface area contributed by atoms with Crippen molar-refractivity contribution in [2.45, 2.75) is 37.2 Å². The van der Waals surface area contributed by atoms with Gasteiger partial charge in [0.2, 0.25) is 10.0 Å². The topological polar surface area (TPSA) is 98.3 Å². The number of sulfonamides is 1. The molecule has 3 rings (SSSR count). The summed E-state index contributed by atoms with van der Waals surface area (Å²) >= 11 is 3.25. The molecule has 7 nitrogen and oxygen atoms in total. The van der Waals surface area contributed by atoms with Crippen molar-refractivity contribution in [2.75, 3.05) is 12.3 Å². The van der Waals surface area contributed by atoms with E-state index < -0.39 is 15.7 Å². The smallest absolute Gasteiger partial charge is 0.349 e. The summed E-state index contributed by atoms with van der Waals surface area (Å²) < 4.78 is 29.3. The molecule has 1 atom stereocenters. The summed E-state index contributed by atoms with van der Waals surface area (Å²) in [6.07, 6.45) is 3.01. The van der Waals surface area contributed by atoms with E-state index in [2.05, 4.69) is 20.9 Å². The quantitative estimate of drug-likeness (QED) is 0.802. The molecule has 25 heavy (non-hydrogen) atoms. The van der Waals surface area contributed by atoms with E-state index >= 15 is 0 Å². The van der Waals surface area contributed by atoms with Gasteiger partial charge in [-0.3, -0.25) is 4.57 Å². The number of nitrogen functional groups attached to an aromatic ring is 1. The highest BCUT2D eigenvalue weighted by molar-refractivity contribution is 9.10. The summed E-state index contributed by atoms with van der Waals surface area (Å²) in [5.41, 5.74) is 6.12.